The normalized spacial score (nSPS) is 9.92. The van der Waals surface area contributed by atoms with Crippen LogP contribution >= 0.6 is 15.9 Å². The highest BCUT2D eigenvalue weighted by Gasteiger charge is 2.09. The van der Waals surface area contributed by atoms with Crippen molar-refractivity contribution in [1.82, 2.24) is 10.2 Å². The van der Waals surface area contributed by atoms with Crippen molar-refractivity contribution in [1.29, 1.82) is 5.26 Å². The maximum absolute atomic E-state index is 12.2. The van der Waals surface area contributed by atoms with Crippen LogP contribution in [-0.2, 0) is 0 Å². The summed E-state index contributed by atoms with van der Waals surface area (Å²) in [6, 6.07) is 19.5. The van der Waals surface area contributed by atoms with Crippen molar-refractivity contribution < 1.29 is 4.79 Å². The molecule has 6 nitrogen and oxygen atoms in total. The van der Waals surface area contributed by atoms with E-state index in [0.717, 1.165) is 10.2 Å². The Labute approximate surface area is 152 Å². The Kier molecular flexibility index (Phi) is 5.02. The summed E-state index contributed by atoms with van der Waals surface area (Å²) in [5.41, 5.74) is 2.18. The Bertz CT molecular complexity index is 916. The summed E-state index contributed by atoms with van der Waals surface area (Å²) in [7, 11) is 0. The number of nitriles is 1. The molecule has 3 rings (SSSR count). The Hall–Kier alpha value is -3.24. The molecular weight excluding hydrogens is 382 g/mol. The third-order valence-corrected chi connectivity index (χ3v) is 3.81. The molecule has 3 aromatic rings. The van der Waals surface area contributed by atoms with Gasteiger partial charge in [-0.2, -0.15) is 5.26 Å². The van der Waals surface area contributed by atoms with Crippen molar-refractivity contribution in [3.8, 4) is 6.07 Å². The third kappa shape index (κ3) is 4.40. The SMILES string of the molecule is N#Cc1ccc(NC(=O)c2ccc(Nc3ccc(Br)cc3)nn2)cc1. The highest BCUT2D eigenvalue weighted by atomic mass is 79.9. The van der Waals surface area contributed by atoms with Crippen molar-refractivity contribution in [3.63, 3.8) is 0 Å². The van der Waals surface area contributed by atoms with Gasteiger partial charge in [-0.05, 0) is 60.7 Å². The van der Waals surface area contributed by atoms with E-state index in [9.17, 15) is 4.79 Å². The topological polar surface area (TPSA) is 90.7 Å². The van der Waals surface area contributed by atoms with E-state index in [1.165, 1.54) is 0 Å². The van der Waals surface area contributed by atoms with E-state index in [2.05, 4.69) is 36.8 Å². The van der Waals surface area contributed by atoms with Gasteiger partial charge in [0, 0.05) is 15.8 Å². The monoisotopic (exact) mass is 393 g/mol. The third-order valence-electron chi connectivity index (χ3n) is 3.29. The molecular formula is C18H12BrN5O. The zero-order chi connectivity index (χ0) is 17.6. The van der Waals surface area contributed by atoms with E-state index in [1.807, 2.05) is 30.3 Å². The summed E-state index contributed by atoms with van der Waals surface area (Å²) in [5.74, 6) is 0.171. The summed E-state index contributed by atoms with van der Waals surface area (Å²) < 4.78 is 0.985. The van der Waals surface area contributed by atoms with Crippen LogP contribution < -0.4 is 10.6 Å². The van der Waals surface area contributed by atoms with Gasteiger partial charge < -0.3 is 10.6 Å². The number of hydrogen-bond acceptors (Lipinski definition) is 5. The molecule has 0 aliphatic carbocycles. The molecule has 0 bridgehead atoms. The second-order valence-electron chi connectivity index (χ2n) is 5.08. The average molecular weight is 394 g/mol. The van der Waals surface area contributed by atoms with Gasteiger partial charge in [-0.25, -0.2) is 0 Å². The average Bonchev–Trinajstić information content (AvgIpc) is 2.65. The fourth-order valence-electron chi connectivity index (χ4n) is 2.02. The van der Waals surface area contributed by atoms with E-state index in [4.69, 9.17) is 5.26 Å². The van der Waals surface area contributed by atoms with Crippen LogP contribution in [0.3, 0.4) is 0 Å². The number of benzene rings is 2. The molecule has 0 unspecified atom stereocenters. The highest BCUT2D eigenvalue weighted by Crippen LogP contribution is 2.17. The molecule has 25 heavy (non-hydrogen) atoms. The quantitative estimate of drug-likeness (QED) is 0.695. The number of nitrogens with one attached hydrogen (secondary N) is 2. The predicted molar refractivity (Wildman–Crippen MR) is 98.6 cm³/mol. The second kappa shape index (κ2) is 7.55. The molecule has 0 aliphatic heterocycles. The second-order valence-corrected chi connectivity index (χ2v) is 5.99. The van der Waals surface area contributed by atoms with Crippen molar-refractivity contribution in [3.05, 3.63) is 76.4 Å². The van der Waals surface area contributed by atoms with Crippen LogP contribution in [0.25, 0.3) is 0 Å². The number of carbonyl (C=O) groups is 1. The first-order chi connectivity index (χ1) is 12.1. The van der Waals surface area contributed by atoms with E-state index >= 15 is 0 Å². The van der Waals surface area contributed by atoms with Crippen molar-refractivity contribution in [2.75, 3.05) is 10.6 Å². The van der Waals surface area contributed by atoms with Gasteiger partial charge in [0.25, 0.3) is 5.91 Å². The summed E-state index contributed by atoms with van der Waals surface area (Å²) in [5, 5.41) is 22.5. The number of amides is 1. The van der Waals surface area contributed by atoms with Crippen LogP contribution in [-0.4, -0.2) is 16.1 Å². The van der Waals surface area contributed by atoms with Gasteiger partial charge in [-0.1, -0.05) is 15.9 Å². The molecule has 1 aromatic heterocycles. The van der Waals surface area contributed by atoms with Gasteiger partial charge >= 0.3 is 0 Å². The minimum absolute atomic E-state index is 0.200. The number of anilines is 3. The Morgan fingerprint density at radius 3 is 2.20 bits per heavy atom. The Morgan fingerprint density at radius 2 is 1.60 bits per heavy atom. The number of aromatic nitrogens is 2. The zero-order valence-corrected chi connectivity index (χ0v) is 14.5. The fraction of sp³-hybridized carbons (Fsp3) is 0. The summed E-state index contributed by atoms with van der Waals surface area (Å²) in [4.78, 5) is 12.2. The smallest absolute Gasteiger partial charge is 0.276 e. The first kappa shape index (κ1) is 16.6. The van der Waals surface area contributed by atoms with Crippen LogP contribution in [0.2, 0.25) is 0 Å². The van der Waals surface area contributed by atoms with Gasteiger partial charge in [-0.15, -0.1) is 10.2 Å². The minimum Gasteiger partial charge on any atom is -0.339 e. The molecule has 0 saturated heterocycles. The largest absolute Gasteiger partial charge is 0.339 e. The molecule has 0 fully saturated rings. The standard InChI is InChI=1S/C18H12BrN5O/c19-13-3-7-14(8-4-13)21-17-10-9-16(23-24-17)18(25)22-15-5-1-12(11-20)2-6-15/h1-10H,(H,21,24)(H,22,25). The number of rotatable bonds is 4. The summed E-state index contributed by atoms with van der Waals surface area (Å²) in [6.07, 6.45) is 0. The van der Waals surface area contributed by atoms with Gasteiger partial charge in [0.1, 0.15) is 0 Å². The molecule has 1 heterocycles. The van der Waals surface area contributed by atoms with E-state index in [-0.39, 0.29) is 11.6 Å². The van der Waals surface area contributed by atoms with Crippen molar-refractivity contribution in [2.45, 2.75) is 0 Å². The van der Waals surface area contributed by atoms with Crippen LogP contribution in [0.15, 0.2) is 65.1 Å². The molecule has 7 heteroatoms. The maximum Gasteiger partial charge on any atom is 0.276 e. The van der Waals surface area contributed by atoms with Crippen LogP contribution in [0.5, 0.6) is 0 Å². The zero-order valence-electron chi connectivity index (χ0n) is 12.9. The van der Waals surface area contributed by atoms with Crippen LogP contribution in [0.1, 0.15) is 16.1 Å². The summed E-state index contributed by atoms with van der Waals surface area (Å²) in [6.45, 7) is 0. The van der Waals surface area contributed by atoms with Gasteiger partial charge in [0.15, 0.2) is 11.5 Å². The lowest BCUT2D eigenvalue weighted by molar-refractivity contribution is 0.102. The minimum atomic E-state index is -0.368. The lowest BCUT2D eigenvalue weighted by atomic mass is 10.2. The van der Waals surface area contributed by atoms with Gasteiger partial charge in [0.05, 0.1) is 11.6 Å². The molecule has 2 aromatic carbocycles. The van der Waals surface area contributed by atoms with Gasteiger partial charge in [-0.3, -0.25) is 4.79 Å². The highest BCUT2D eigenvalue weighted by molar-refractivity contribution is 9.10. The molecule has 0 atom stereocenters. The Balaban J connectivity index is 1.65. The number of carbonyl (C=O) groups excluding carboxylic acids is 1. The van der Waals surface area contributed by atoms with Crippen LogP contribution in [0.4, 0.5) is 17.2 Å². The fourth-order valence-corrected chi connectivity index (χ4v) is 2.29. The first-order valence-electron chi connectivity index (χ1n) is 7.32. The molecule has 0 radical (unpaired) electrons. The Morgan fingerprint density at radius 1 is 0.920 bits per heavy atom. The van der Waals surface area contributed by atoms with Crippen LogP contribution in [0, 0.1) is 11.3 Å². The van der Waals surface area contributed by atoms with Crippen molar-refractivity contribution in [2.24, 2.45) is 0 Å². The van der Waals surface area contributed by atoms with Gasteiger partial charge in [0.2, 0.25) is 0 Å². The molecule has 122 valence electrons. The maximum atomic E-state index is 12.2. The van der Waals surface area contributed by atoms with E-state index in [1.54, 1.807) is 36.4 Å². The number of nitrogens with zero attached hydrogens (tertiary/aromatic N) is 3. The number of hydrogen-bond donors (Lipinski definition) is 2. The molecule has 2 N–H and O–H groups in total. The predicted octanol–water partition coefficient (Wildman–Crippen LogP) is 4.11. The lowest BCUT2D eigenvalue weighted by Crippen LogP contribution is -2.14. The van der Waals surface area contributed by atoms with E-state index in [0.29, 0.717) is 17.1 Å². The van der Waals surface area contributed by atoms with E-state index < -0.39 is 0 Å². The van der Waals surface area contributed by atoms with Crippen molar-refractivity contribution >= 4 is 39.0 Å². The molecule has 0 saturated carbocycles. The molecule has 0 spiro atoms. The molecule has 1 amide bonds. The molecule has 0 aliphatic rings. The first-order valence-corrected chi connectivity index (χ1v) is 8.11. The summed E-state index contributed by atoms with van der Waals surface area (Å²) >= 11 is 3.38. The number of halogens is 1. The lowest BCUT2D eigenvalue weighted by Gasteiger charge is -2.07.